The summed E-state index contributed by atoms with van der Waals surface area (Å²) < 4.78 is 20.5. The number of rotatable bonds is 3. The third-order valence-electron chi connectivity index (χ3n) is 5.79. The van der Waals surface area contributed by atoms with Crippen LogP contribution in [0.5, 0.6) is 0 Å². The Morgan fingerprint density at radius 3 is 2.67 bits per heavy atom. The van der Waals surface area contributed by atoms with Crippen LogP contribution in [0, 0.1) is 11.7 Å². The van der Waals surface area contributed by atoms with Crippen LogP contribution in [-0.4, -0.2) is 22.6 Å². The highest BCUT2D eigenvalue weighted by Gasteiger charge is 2.35. The molecule has 0 N–H and O–H groups in total. The number of nitrogens with zero attached hydrogens (tertiary/aromatic N) is 2. The van der Waals surface area contributed by atoms with E-state index in [9.17, 15) is 9.18 Å². The van der Waals surface area contributed by atoms with E-state index < -0.39 is 0 Å². The van der Waals surface area contributed by atoms with Gasteiger partial charge in [0.2, 0.25) is 0 Å². The summed E-state index contributed by atoms with van der Waals surface area (Å²) in [5.41, 5.74) is 2.92. The van der Waals surface area contributed by atoms with Gasteiger partial charge in [-0.05, 0) is 54.3 Å². The Labute approximate surface area is 156 Å². The zero-order valence-corrected chi connectivity index (χ0v) is 15.0. The summed E-state index contributed by atoms with van der Waals surface area (Å²) in [4.78, 5) is 15.4. The average molecular weight is 364 g/mol. The third kappa shape index (κ3) is 3.02. The highest BCUT2D eigenvalue weighted by molar-refractivity contribution is 5.56. The van der Waals surface area contributed by atoms with Crippen LogP contribution < -0.4 is 5.56 Å². The number of hydrogen-bond donors (Lipinski definition) is 0. The minimum Gasteiger partial charge on any atom is -0.464 e. The fraction of sp³-hybridized carbons (Fsp3) is 0.318. The molecule has 2 atom stereocenters. The van der Waals surface area contributed by atoms with E-state index in [2.05, 4.69) is 11.0 Å². The largest absolute Gasteiger partial charge is 0.464 e. The first kappa shape index (κ1) is 16.5. The van der Waals surface area contributed by atoms with E-state index in [0.29, 0.717) is 23.2 Å². The summed E-state index contributed by atoms with van der Waals surface area (Å²) >= 11 is 0. The molecule has 5 heteroatoms. The molecule has 0 spiro atoms. The Hall–Kier alpha value is -2.66. The van der Waals surface area contributed by atoms with Crippen LogP contribution >= 0.6 is 0 Å². The lowest BCUT2D eigenvalue weighted by Crippen LogP contribution is -2.46. The topological polar surface area (TPSA) is 38.4 Å². The standard InChI is InChI=1S/C22H21FN2O2/c23-18-5-3-15(4-6-18)11-24-12-16-10-17(14-24)20-8-7-19(21-2-1-9-27-21)22(26)25(20)13-16/h1-9,16-17H,10-14H2/t16-,17-/m1/s1. The van der Waals surface area contributed by atoms with Gasteiger partial charge in [0, 0.05) is 37.8 Å². The molecule has 0 amide bonds. The van der Waals surface area contributed by atoms with Crippen molar-refractivity contribution in [2.75, 3.05) is 13.1 Å². The molecule has 0 saturated carbocycles. The molecular weight excluding hydrogens is 343 g/mol. The van der Waals surface area contributed by atoms with Crippen molar-refractivity contribution in [2.45, 2.75) is 25.4 Å². The summed E-state index contributed by atoms with van der Waals surface area (Å²) in [6.07, 6.45) is 2.72. The lowest BCUT2D eigenvalue weighted by molar-refractivity contribution is 0.114. The molecule has 27 heavy (non-hydrogen) atoms. The van der Waals surface area contributed by atoms with Crippen molar-refractivity contribution in [1.82, 2.24) is 9.47 Å². The fourth-order valence-electron chi connectivity index (χ4n) is 4.64. The zero-order chi connectivity index (χ0) is 18.4. The molecule has 1 aromatic carbocycles. The molecule has 2 aliphatic heterocycles. The van der Waals surface area contributed by atoms with E-state index in [1.165, 1.54) is 12.1 Å². The summed E-state index contributed by atoms with van der Waals surface area (Å²) in [6, 6.07) is 14.4. The molecule has 1 fully saturated rings. The van der Waals surface area contributed by atoms with E-state index in [-0.39, 0.29) is 11.4 Å². The summed E-state index contributed by atoms with van der Waals surface area (Å²) in [6.45, 7) is 3.46. The Balaban J connectivity index is 1.42. The molecular formula is C22H21FN2O2. The Bertz CT molecular complexity index is 1010. The van der Waals surface area contributed by atoms with Gasteiger partial charge in [-0.25, -0.2) is 4.39 Å². The summed E-state index contributed by atoms with van der Waals surface area (Å²) in [5, 5.41) is 0. The molecule has 1 saturated heterocycles. The maximum absolute atomic E-state index is 13.1. The van der Waals surface area contributed by atoms with Gasteiger partial charge < -0.3 is 8.98 Å². The van der Waals surface area contributed by atoms with Crippen LogP contribution in [0.3, 0.4) is 0 Å². The van der Waals surface area contributed by atoms with Crippen molar-refractivity contribution >= 4 is 0 Å². The number of hydrogen-bond acceptors (Lipinski definition) is 3. The van der Waals surface area contributed by atoms with Gasteiger partial charge in [-0.2, -0.15) is 0 Å². The molecule has 5 rings (SSSR count). The zero-order valence-electron chi connectivity index (χ0n) is 15.0. The van der Waals surface area contributed by atoms with Gasteiger partial charge >= 0.3 is 0 Å². The molecule has 0 unspecified atom stereocenters. The Morgan fingerprint density at radius 1 is 1.04 bits per heavy atom. The Morgan fingerprint density at radius 2 is 1.89 bits per heavy atom. The van der Waals surface area contributed by atoms with Gasteiger partial charge in [0.15, 0.2) is 0 Å². The lowest BCUT2D eigenvalue weighted by Gasteiger charge is -2.43. The monoisotopic (exact) mass is 364 g/mol. The molecule has 4 heterocycles. The SMILES string of the molecule is O=c1c(-c2ccco2)ccc2n1C[C@@H]1C[C@@H]2CN(Cc2ccc(F)cc2)C1. The Kier molecular flexibility index (Phi) is 3.97. The van der Waals surface area contributed by atoms with E-state index >= 15 is 0 Å². The number of furan rings is 1. The van der Waals surface area contributed by atoms with Crippen LogP contribution in [0.4, 0.5) is 4.39 Å². The number of pyridine rings is 1. The number of piperidine rings is 1. The van der Waals surface area contributed by atoms with Crippen molar-refractivity contribution in [2.24, 2.45) is 5.92 Å². The van der Waals surface area contributed by atoms with Gasteiger partial charge in [0.25, 0.3) is 5.56 Å². The molecule has 2 bridgehead atoms. The normalized spacial score (nSPS) is 21.8. The van der Waals surface area contributed by atoms with Crippen molar-refractivity contribution in [1.29, 1.82) is 0 Å². The molecule has 2 aliphatic rings. The van der Waals surface area contributed by atoms with Gasteiger partial charge in [0.05, 0.1) is 11.8 Å². The highest BCUT2D eigenvalue weighted by atomic mass is 19.1. The number of likely N-dealkylation sites (tertiary alicyclic amines) is 1. The molecule has 138 valence electrons. The van der Waals surface area contributed by atoms with E-state index in [1.807, 2.05) is 28.8 Å². The van der Waals surface area contributed by atoms with Crippen LogP contribution in [-0.2, 0) is 13.1 Å². The number of fused-ring (bicyclic) bond motifs is 4. The van der Waals surface area contributed by atoms with Crippen LogP contribution in [0.1, 0.15) is 23.6 Å². The van der Waals surface area contributed by atoms with E-state index in [4.69, 9.17) is 4.42 Å². The fourth-order valence-corrected chi connectivity index (χ4v) is 4.64. The second-order valence-corrected chi connectivity index (χ2v) is 7.68. The summed E-state index contributed by atoms with van der Waals surface area (Å²) in [5.74, 6) is 1.25. The van der Waals surface area contributed by atoms with Crippen molar-refractivity contribution in [3.8, 4) is 11.3 Å². The van der Waals surface area contributed by atoms with E-state index in [0.717, 1.165) is 43.9 Å². The first-order valence-electron chi connectivity index (χ1n) is 9.42. The predicted molar refractivity (Wildman–Crippen MR) is 101 cm³/mol. The maximum Gasteiger partial charge on any atom is 0.261 e. The second-order valence-electron chi connectivity index (χ2n) is 7.68. The first-order valence-corrected chi connectivity index (χ1v) is 9.42. The molecule has 2 aromatic heterocycles. The van der Waals surface area contributed by atoms with Crippen LogP contribution in [0.15, 0.2) is 64.0 Å². The highest BCUT2D eigenvalue weighted by Crippen LogP contribution is 2.36. The maximum atomic E-state index is 13.1. The number of halogens is 1. The summed E-state index contributed by atoms with van der Waals surface area (Å²) in [7, 11) is 0. The minimum absolute atomic E-state index is 0.0455. The van der Waals surface area contributed by atoms with Crippen LogP contribution in [0.2, 0.25) is 0 Å². The van der Waals surface area contributed by atoms with Crippen molar-refractivity contribution in [3.63, 3.8) is 0 Å². The lowest BCUT2D eigenvalue weighted by atomic mass is 9.82. The molecule has 0 aliphatic carbocycles. The van der Waals surface area contributed by atoms with E-state index in [1.54, 1.807) is 12.3 Å². The quantitative estimate of drug-likeness (QED) is 0.708. The average Bonchev–Trinajstić information content (AvgIpc) is 3.19. The van der Waals surface area contributed by atoms with Gasteiger partial charge in [0.1, 0.15) is 11.6 Å². The van der Waals surface area contributed by atoms with Gasteiger partial charge in [-0.1, -0.05) is 12.1 Å². The van der Waals surface area contributed by atoms with Gasteiger partial charge in [-0.3, -0.25) is 9.69 Å². The first-order chi connectivity index (χ1) is 13.2. The van der Waals surface area contributed by atoms with Crippen LogP contribution in [0.25, 0.3) is 11.3 Å². The van der Waals surface area contributed by atoms with Crippen molar-refractivity contribution < 1.29 is 8.81 Å². The van der Waals surface area contributed by atoms with Gasteiger partial charge in [-0.15, -0.1) is 0 Å². The second kappa shape index (κ2) is 6.50. The number of benzene rings is 1. The minimum atomic E-state index is -0.199. The van der Waals surface area contributed by atoms with Crippen molar-refractivity contribution in [3.05, 3.63) is 82.2 Å². The smallest absolute Gasteiger partial charge is 0.261 e. The predicted octanol–water partition coefficient (Wildman–Crippen LogP) is 3.87. The molecule has 4 nitrogen and oxygen atoms in total. The molecule has 3 aromatic rings. The molecule has 0 radical (unpaired) electrons. The number of aromatic nitrogens is 1. The third-order valence-corrected chi connectivity index (χ3v) is 5.79.